The summed E-state index contributed by atoms with van der Waals surface area (Å²) in [5.41, 5.74) is 0. The Bertz CT molecular complexity index is 272. The molecule has 0 aromatic rings. The molecule has 0 radical (unpaired) electrons. The Labute approximate surface area is 86.8 Å². The molecule has 2 atom stereocenters. The molecule has 1 heterocycles. The Kier molecular flexibility index (Phi) is 4.08. The van der Waals surface area contributed by atoms with Crippen LogP contribution in [0.25, 0.3) is 0 Å². The number of hydrogen-bond donors (Lipinski definition) is 0. The van der Waals surface area contributed by atoms with E-state index in [1.807, 2.05) is 0 Å². The third-order valence-electron chi connectivity index (χ3n) is 1.72. The molecule has 1 aliphatic rings. The fourth-order valence-corrected chi connectivity index (χ4v) is 1.10. The summed E-state index contributed by atoms with van der Waals surface area (Å²) in [4.78, 5) is 22.6. The largest absolute Gasteiger partial charge is 0.475 e. The van der Waals surface area contributed by atoms with E-state index in [2.05, 4.69) is 0 Å². The number of rotatable bonds is 4. The van der Waals surface area contributed by atoms with Gasteiger partial charge >= 0.3 is 30.6 Å². The van der Waals surface area contributed by atoms with E-state index in [9.17, 15) is 9.59 Å². The molecule has 1 aliphatic heterocycles. The molecule has 0 spiro atoms. The van der Waals surface area contributed by atoms with Gasteiger partial charge in [-0.1, -0.05) is 0 Å². The second kappa shape index (κ2) is 5.33. The van der Waals surface area contributed by atoms with E-state index in [0.717, 1.165) is 6.47 Å². The summed E-state index contributed by atoms with van der Waals surface area (Å²) < 4.78 is 19.1. The standard InChI is InChI=1S/C9H13O6/c1-3-12-8(10)6-7(15-5-14-6)9(11)13-4-2/h5-7H,3-4H2,1-2H3/q+1/t6-,7-/m0/s1. The van der Waals surface area contributed by atoms with Crippen LogP contribution >= 0.6 is 0 Å². The predicted molar refractivity (Wildman–Crippen MR) is 48.0 cm³/mol. The number of carbonyl (C=O) groups excluding carboxylic acids is 3. The fraction of sp³-hybridized carbons (Fsp3) is 0.667. The van der Waals surface area contributed by atoms with Crippen LogP contribution in [0.4, 0.5) is 0 Å². The maximum atomic E-state index is 11.3. The molecular formula is C9H13O6+. The van der Waals surface area contributed by atoms with E-state index >= 15 is 0 Å². The molecule has 0 aliphatic carbocycles. The number of hydrogen-bond acceptors (Lipinski definition) is 5. The van der Waals surface area contributed by atoms with E-state index in [4.69, 9.17) is 18.6 Å². The minimum absolute atomic E-state index is 0.217. The van der Waals surface area contributed by atoms with Gasteiger partial charge in [0, 0.05) is 0 Å². The normalized spacial score (nSPS) is 23.3. The molecule has 6 nitrogen and oxygen atoms in total. The number of ether oxygens (including phenoxy) is 3. The fourth-order valence-electron chi connectivity index (χ4n) is 1.10. The van der Waals surface area contributed by atoms with Crippen molar-refractivity contribution in [1.82, 2.24) is 0 Å². The van der Waals surface area contributed by atoms with Gasteiger partial charge in [-0.05, 0) is 13.8 Å². The lowest BCUT2D eigenvalue weighted by Gasteiger charge is -2.06. The van der Waals surface area contributed by atoms with Gasteiger partial charge in [-0.3, -0.25) is 0 Å². The van der Waals surface area contributed by atoms with Gasteiger partial charge in [0.15, 0.2) is 0 Å². The maximum Gasteiger partial charge on any atom is 0.475 e. The molecule has 0 bridgehead atoms. The Morgan fingerprint density at radius 3 is 2.47 bits per heavy atom. The average molecular weight is 217 g/mol. The number of cyclic esters (lactones) is 1. The minimum atomic E-state index is -1.07. The number of esters is 2. The Balaban J connectivity index is 2.59. The quantitative estimate of drug-likeness (QED) is 0.276. The lowest BCUT2D eigenvalue weighted by atomic mass is 10.2. The van der Waals surface area contributed by atoms with Crippen molar-refractivity contribution in [1.29, 1.82) is 0 Å². The molecule has 84 valence electrons. The second-order valence-electron chi connectivity index (χ2n) is 2.71. The lowest BCUT2D eigenvalue weighted by molar-refractivity contribution is -0.477. The highest BCUT2D eigenvalue weighted by Gasteiger charge is 2.51. The zero-order valence-electron chi connectivity index (χ0n) is 8.60. The zero-order chi connectivity index (χ0) is 11.3. The SMILES string of the molecule is CCOC(=O)[C@H]1OC=[O+][C@@H]1C(=O)OCC. The molecule has 0 fully saturated rings. The Hall–Kier alpha value is -1.59. The maximum absolute atomic E-state index is 11.3. The summed E-state index contributed by atoms with van der Waals surface area (Å²) in [7, 11) is 0. The monoisotopic (exact) mass is 217 g/mol. The van der Waals surface area contributed by atoms with Crippen molar-refractivity contribution < 1.29 is 28.2 Å². The van der Waals surface area contributed by atoms with Gasteiger partial charge in [0.05, 0.1) is 13.2 Å². The first-order chi connectivity index (χ1) is 7.20. The summed E-state index contributed by atoms with van der Waals surface area (Å²) >= 11 is 0. The van der Waals surface area contributed by atoms with Gasteiger partial charge in [-0.2, -0.15) is 0 Å². The van der Waals surface area contributed by atoms with E-state index in [1.165, 1.54) is 0 Å². The molecule has 0 saturated carbocycles. The van der Waals surface area contributed by atoms with Crippen molar-refractivity contribution in [3.8, 4) is 0 Å². The molecule has 0 N–H and O–H groups in total. The average Bonchev–Trinajstić information content (AvgIpc) is 2.66. The summed E-state index contributed by atoms with van der Waals surface area (Å²) in [6, 6.07) is 0. The van der Waals surface area contributed by atoms with Gasteiger partial charge in [0.1, 0.15) is 0 Å². The van der Waals surface area contributed by atoms with Crippen LogP contribution in [-0.4, -0.2) is 43.8 Å². The molecule has 0 amide bonds. The van der Waals surface area contributed by atoms with Crippen LogP contribution in [0.1, 0.15) is 13.8 Å². The van der Waals surface area contributed by atoms with Crippen molar-refractivity contribution >= 4 is 18.4 Å². The highest BCUT2D eigenvalue weighted by atomic mass is 16.7. The summed E-state index contributed by atoms with van der Waals surface area (Å²) in [6.45, 7) is 4.71. The first kappa shape index (κ1) is 11.5. The second-order valence-corrected chi connectivity index (χ2v) is 2.71. The molecule has 1 rings (SSSR count). The molecule has 15 heavy (non-hydrogen) atoms. The van der Waals surface area contributed by atoms with Crippen LogP contribution in [0.5, 0.6) is 0 Å². The predicted octanol–water partition coefficient (Wildman–Crippen LogP) is -0.428. The van der Waals surface area contributed by atoms with Gasteiger partial charge in [-0.15, -0.1) is 0 Å². The minimum Gasteiger partial charge on any atom is -0.461 e. The summed E-state index contributed by atoms with van der Waals surface area (Å²) in [5, 5.41) is 0. The first-order valence-corrected chi connectivity index (χ1v) is 4.66. The molecular weight excluding hydrogens is 204 g/mol. The highest BCUT2D eigenvalue weighted by molar-refractivity contribution is 5.87. The molecule has 0 unspecified atom stereocenters. The van der Waals surface area contributed by atoms with E-state index < -0.39 is 24.1 Å². The smallest absolute Gasteiger partial charge is 0.461 e. The summed E-state index contributed by atoms with van der Waals surface area (Å²) in [6.07, 6.45) is -2.13. The zero-order valence-corrected chi connectivity index (χ0v) is 8.60. The number of carbonyl (C=O) groups is 2. The van der Waals surface area contributed by atoms with Crippen molar-refractivity contribution in [3.63, 3.8) is 0 Å². The van der Waals surface area contributed by atoms with E-state index in [-0.39, 0.29) is 13.2 Å². The van der Waals surface area contributed by atoms with Crippen LogP contribution in [0, 0.1) is 0 Å². The third kappa shape index (κ3) is 2.68. The van der Waals surface area contributed by atoms with E-state index in [0.29, 0.717) is 0 Å². The van der Waals surface area contributed by atoms with Crippen molar-refractivity contribution in [2.24, 2.45) is 0 Å². The van der Waals surface area contributed by atoms with Crippen LogP contribution in [0.15, 0.2) is 0 Å². The Morgan fingerprint density at radius 1 is 1.27 bits per heavy atom. The first-order valence-electron chi connectivity index (χ1n) is 4.66. The molecule has 0 aromatic heterocycles. The topological polar surface area (TPSA) is 73.1 Å². The lowest BCUT2D eigenvalue weighted by Crippen LogP contribution is -2.40. The van der Waals surface area contributed by atoms with Crippen molar-refractivity contribution in [2.45, 2.75) is 26.1 Å². The summed E-state index contributed by atoms with van der Waals surface area (Å²) in [5.74, 6) is -1.27. The van der Waals surface area contributed by atoms with Crippen molar-refractivity contribution in [2.75, 3.05) is 13.2 Å². The van der Waals surface area contributed by atoms with Gasteiger partial charge in [0.2, 0.25) is 0 Å². The van der Waals surface area contributed by atoms with Crippen molar-refractivity contribution in [3.05, 3.63) is 0 Å². The highest BCUT2D eigenvalue weighted by Crippen LogP contribution is 2.10. The molecule has 0 saturated heterocycles. The van der Waals surface area contributed by atoms with Crippen LogP contribution in [0.3, 0.4) is 0 Å². The molecule has 6 heteroatoms. The van der Waals surface area contributed by atoms with Gasteiger partial charge in [-0.25, -0.2) is 9.59 Å². The molecule has 0 aromatic carbocycles. The van der Waals surface area contributed by atoms with Gasteiger partial charge in [0.25, 0.3) is 0 Å². The van der Waals surface area contributed by atoms with Gasteiger partial charge < -0.3 is 18.6 Å². The Morgan fingerprint density at radius 2 is 1.87 bits per heavy atom. The van der Waals surface area contributed by atoms with Crippen LogP contribution in [-0.2, 0) is 28.2 Å². The third-order valence-corrected chi connectivity index (χ3v) is 1.72. The van der Waals surface area contributed by atoms with E-state index in [1.54, 1.807) is 13.8 Å². The van der Waals surface area contributed by atoms with Crippen LogP contribution in [0.2, 0.25) is 0 Å². The van der Waals surface area contributed by atoms with Crippen LogP contribution < -0.4 is 0 Å².